The van der Waals surface area contributed by atoms with Crippen LogP contribution in [0.2, 0.25) is 0 Å². The Morgan fingerprint density at radius 2 is 2.11 bits per heavy atom. The molecule has 100 valence electrons. The molecule has 0 aliphatic heterocycles. The van der Waals surface area contributed by atoms with E-state index in [2.05, 4.69) is 9.72 Å². The molecule has 1 aromatic heterocycles. The number of ether oxygens (including phenoxy) is 2. The fourth-order valence-corrected chi connectivity index (χ4v) is 2.52. The average molecular weight is 277 g/mol. The van der Waals surface area contributed by atoms with Crippen molar-refractivity contribution in [3.05, 3.63) is 29.8 Å². The standard InChI is InChI=1S/C14H15NO3S/c1-9-6-10-7-11(17-2)4-5-12(10)15-14(9)19-8-13(16)18-3/h4-7H,8H2,1-3H3. The van der Waals surface area contributed by atoms with Gasteiger partial charge < -0.3 is 9.47 Å². The highest BCUT2D eigenvalue weighted by molar-refractivity contribution is 7.99. The number of fused-ring (bicyclic) bond motifs is 1. The van der Waals surface area contributed by atoms with E-state index in [1.165, 1.54) is 18.9 Å². The van der Waals surface area contributed by atoms with Crippen LogP contribution in [-0.2, 0) is 9.53 Å². The van der Waals surface area contributed by atoms with Crippen LogP contribution in [0, 0.1) is 6.92 Å². The summed E-state index contributed by atoms with van der Waals surface area (Å²) >= 11 is 1.39. The number of nitrogens with zero attached hydrogens (tertiary/aromatic N) is 1. The third-order valence-electron chi connectivity index (χ3n) is 2.72. The van der Waals surface area contributed by atoms with Crippen LogP contribution >= 0.6 is 11.8 Å². The summed E-state index contributed by atoms with van der Waals surface area (Å²) in [5.41, 5.74) is 1.92. The summed E-state index contributed by atoms with van der Waals surface area (Å²) in [6, 6.07) is 7.78. The van der Waals surface area contributed by atoms with Gasteiger partial charge in [0.2, 0.25) is 0 Å². The molecular formula is C14H15NO3S. The van der Waals surface area contributed by atoms with Crippen molar-refractivity contribution in [2.75, 3.05) is 20.0 Å². The molecule has 0 saturated heterocycles. The zero-order valence-corrected chi connectivity index (χ0v) is 11.9. The summed E-state index contributed by atoms with van der Waals surface area (Å²) in [4.78, 5) is 15.7. The Kier molecular flexibility index (Phi) is 4.27. The number of aryl methyl sites for hydroxylation is 1. The van der Waals surface area contributed by atoms with Gasteiger partial charge in [0.25, 0.3) is 0 Å². The van der Waals surface area contributed by atoms with Crippen molar-refractivity contribution in [2.45, 2.75) is 11.9 Å². The minimum atomic E-state index is -0.249. The smallest absolute Gasteiger partial charge is 0.316 e. The number of esters is 1. The van der Waals surface area contributed by atoms with E-state index in [0.717, 1.165) is 27.2 Å². The molecule has 0 aliphatic rings. The zero-order chi connectivity index (χ0) is 13.8. The number of carbonyl (C=O) groups is 1. The van der Waals surface area contributed by atoms with E-state index < -0.39 is 0 Å². The van der Waals surface area contributed by atoms with Gasteiger partial charge in [-0.25, -0.2) is 4.98 Å². The normalized spacial score (nSPS) is 10.5. The Balaban J connectivity index is 2.31. The molecule has 0 saturated carbocycles. The first-order chi connectivity index (χ1) is 9.13. The summed E-state index contributed by atoms with van der Waals surface area (Å²) < 4.78 is 9.82. The molecular weight excluding hydrogens is 262 g/mol. The maximum absolute atomic E-state index is 11.2. The third kappa shape index (κ3) is 3.17. The molecule has 1 heterocycles. The quantitative estimate of drug-likeness (QED) is 0.635. The van der Waals surface area contributed by atoms with E-state index in [0.29, 0.717) is 0 Å². The minimum absolute atomic E-state index is 0.249. The second-order valence-corrected chi connectivity index (χ2v) is 5.00. The Morgan fingerprint density at radius 3 is 2.79 bits per heavy atom. The van der Waals surface area contributed by atoms with E-state index >= 15 is 0 Å². The SMILES string of the molecule is COC(=O)CSc1nc2ccc(OC)cc2cc1C. The summed E-state index contributed by atoms with van der Waals surface area (Å²) in [5.74, 6) is 0.830. The average Bonchev–Trinajstić information content (AvgIpc) is 2.44. The van der Waals surface area contributed by atoms with Crippen molar-refractivity contribution in [2.24, 2.45) is 0 Å². The fraction of sp³-hybridized carbons (Fsp3) is 0.286. The van der Waals surface area contributed by atoms with Gasteiger partial charge in [0.05, 0.1) is 25.5 Å². The Bertz CT molecular complexity index is 613. The van der Waals surface area contributed by atoms with Gasteiger partial charge >= 0.3 is 5.97 Å². The summed E-state index contributed by atoms with van der Waals surface area (Å²) in [5, 5.41) is 1.88. The van der Waals surface area contributed by atoms with Crippen molar-refractivity contribution in [1.29, 1.82) is 0 Å². The molecule has 5 heteroatoms. The predicted molar refractivity (Wildman–Crippen MR) is 75.8 cm³/mol. The van der Waals surface area contributed by atoms with Crippen molar-refractivity contribution in [3.8, 4) is 5.75 Å². The topological polar surface area (TPSA) is 48.4 Å². The highest BCUT2D eigenvalue weighted by atomic mass is 32.2. The fourth-order valence-electron chi connectivity index (χ4n) is 1.70. The van der Waals surface area contributed by atoms with Gasteiger partial charge in [-0.1, -0.05) is 11.8 Å². The van der Waals surface area contributed by atoms with E-state index in [9.17, 15) is 4.79 Å². The van der Waals surface area contributed by atoms with E-state index in [1.54, 1.807) is 7.11 Å². The van der Waals surface area contributed by atoms with Gasteiger partial charge in [-0.05, 0) is 36.8 Å². The van der Waals surface area contributed by atoms with E-state index in [-0.39, 0.29) is 11.7 Å². The van der Waals surface area contributed by atoms with Crippen LogP contribution in [0.1, 0.15) is 5.56 Å². The van der Waals surface area contributed by atoms with Gasteiger partial charge in [0.1, 0.15) is 10.8 Å². The number of carbonyl (C=O) groups excluding carboxylic acids is 1. The summed E-state index contributed by atoms with van der Waals surface area (Å²) in [7, 11) is 3.03. The number of hydrogen-bond acceptors (Lipinski definition) is 5. The monoisotopic (exact) mass is 277 g/mol. The molecule has 2 rings (SSSR count). The summed E-state index contributed by atoms with van der Waals surface area (Å²) in [6.07, 6.45) is 0. The van der Waals surface area contributed by atoms with Crippen LogP contribution in [0.3, 0.4) is 0 Å². The number of rotatable bonds is 4. The molecule has 0 spiro atoms. The van der Waals surface area contributed by atoms with Gasteiger partial charge in [0.15, 0.2) is 0 Å². The minimum Gasteiger partial charge on any atom is -0.497 e. The lowest BCUT2D eigenvalue weighted by molar-refractivity contribution is -0.137. The first-order valence-electron chi connectivity index (χ1n) is 5.79. The number of aromatic nitrogens is 1. The largest absolute Gasteiger partial charge is 0.497 e. The zero-order valence-electron chi connectivity index (χ0n) is 11.1. The lowest BCUT2D eigenvalue weighted by atomic mass is 10.1. The highest BCUT2D eigenvalue weighted by Crippen LogP contribution is 2.26. The lowest BCUT2D eigenvalue weighted by Crippen LogP contribution is -2.03. The van der Waals surface area contributed by atoms with Crippen LogP contribution in [0.5, 0.6) is 5.75 Å². The maximum Gasteiger partial charge on any atom is 0.316 e. The Morgan fingerprint density at radius 1 is 1.32 bits per heavy atom. The molecule has 0 amide bonds. The molecule has 0 aliphatic carbocycles. The first kappa shape index (κ1) is 13.7. The molecule has 0 N–H and O–H groups in total. The Labute approximate surface area is 116 Å². The maximum atomic E-state index is 11.2. The third-order valence-corrected chi connectivity index (χ3v) is 3.79. The number of thioether (sulfide) groups is 1. The van der Waals surface area contributed by atoms with Crippen LogP contribution in [0.4, 0.5) is 0 Å². The number of benzene rings is 1. The molecule has 1 aromatic carbocycles. The van der Waals surface area contributed by atoms with E-state index in [1.807, 2.05) is 31.2 Å². The highest BCUT2D eigenvalue weighted by Gasteiger charge is 2.08. The van der Waals surface area contributed by atoms with Crippen molar-refractivity contribution >= 4 is 28.6 Å². The number of methoxy groups -OCH3 is 2. The molecule has 0 bridgehead atoms. The van der Waals surface area contributed by atoms with Gasteiger partial charge in [-0.3, -0.25) is 4.79 Å². The summed E-state index contributed by atoms with van der Waals surface area (Å²) in [6.45, 7) is 1.98. The van der Waals surface area contributed by atoms with Crippen LogP contribution in [0.15, 0.2) is 29.3 Å². The Hall–Kier alpha value is -1.75. The molecule has 0 atom stereocenters. The van der Waals surface area contributed by atoms with Crippen LogP contribution in [-0.4, -0.2) is 30.9 Å². The first-order valence-corrected chi connectivity index (χ1v) is 6.77. The van der Waals surface area contributed by atoms with Crippen molar-refractivity contribution in [1.82, 2.24) is 4.98 Å². The molecule has 4 nitrogen and oxygen atoms in total. The second kappa shape index (κ2) is 5.93. The van der Waals surface area contributed by atoms with Gasteiger partial charge in [-0.2, -0.15) is 0 Å². The molecule has 0 radical (unpaired) electrons. The molecule has 2 aromatic rings. The van der Waals surface area contributed by atoms with Crippen LogP contribution < -0.4 is 4.74 Å². The van der Waals surface area contributed by atoms with Gasteiger partial charge in [-0.15, -0.1) is 0 Å². The van der Waals surface area contributed by atoms with Gasteiger partial charge in [0, 0.05) is 5.39 Å². The second-order valence-electron chi connectivity index (χ2n) is 4.03. The number of pyridine rings is 1. The van der Waals surface area contributed by atoms with Crippen molar-refractivity contribution < 1.29 is 14.3 Å². The predicted octanol–water partition coefficient (Wildman–Crippen LogP) is 2.82. The molecule has 19 heavy (non-hydrogen) atoms. The molecule has 0 fully saturated rings. The van der Waals surface area contributed by atoms with Crippen molar-refractivity contribution in [3.63, 3.8) is 0 Å². The lowest BCUT2D eigenvalue weighted by Gasteiger charge is -2.07. The van der Waals surface area contributed by atoms with E-state index in [4.69, 9.17) is 4.74 Å². The van der Waals surface area contributed by atoms with Crippen LogP contribution in [0.25, 0.3) is 10.9 Å². The number of hydrogen-bond donors (Lipinski definition) is 0. The molecule has 0 unspecified atom stereocenters.